The van der Waals surface area contributed by atoms with Gasteiger partial charge in [-0.25, -0.2) is 4.98 Å². The zero-order valence-electron chi connectivity index (χ0n) is 15.4. The van der Waals surface area contributed by atoms with Gasteiger partial charge in [0.1, 0.15) is 11.6 Å². The molecule has 0 bridgehead atoms. The summed E-state index contributed by atoms with van der Waals surface area (Å²) in [7, 11) is 0. The van der Waals surface area contributed by atoms with Gasteiger partial charge in [-0.1, -0.05) is 30.3 Å². The highest BCUT2D eigenvalue weighted by Crippen LogP contribution is 2.24. The average molecular weight is 348 g/mol. The van der Waals surface area contributed by atoms with Crippen molar-refractivity contribution < 1.29 is 4.74 Å². The van der Waals surface area contributed by atoms with Crippen molar-refractivity contribution in [1.82, 2.24) is 9.97 Å². The fourth-order valence-electron chi connectivity index (χ4n) is 2.56. The van der Waals surface area contributed by atoms with Crippen molar-refractivity contribution in [2.45, 2.75) is 26.8 Å². The molecule has 5 nitrogen and oxygen atoms in total. The van der Waals surface area contributed by atoms with Crippen LogP contribution in [0.5, 0.6) is 5.75 Å². The number of nitrogens with zero attached hydrogens (tertiary/aromatic N) is 2. The molecule has 0 aliphatic carbocycles. The fraction of sp³-hybridized carbons (Fsp3) is 0.238. The van der Waals surface area contributed by atoms with E-state index in [0.29, 0.717) is 12.6 Å². The molecule has 0 saturated heterocycles. The first kappa shape index (κ1) is 17.7. The minimum atomic E-state index is 0.284. The second-order valence-electron chi connectivity index (χ2n) is 6.21. The molecule has 0 spiro atoms. The number of anilines is 3. The summed E-state index contributed by atoms with van der Waals surface area (Å²) in [6, 6.07) is 20.1. The minimum absolute atomic E-state index is 0.284. The molecule has 1 heterocycles. The van der Waals surface area contributed by atoms with Crippen molar-refractivity contribution in [2.24, 2.45) is 0 Å². The topological polar surface area (TPSA) is 59.1 Å². The predicted molar refractivity (Wildman–Crippen MR) is 107 cm³/mol. The summed E-state index contributed by atoms with van der Waals surface area (Å²) in [6.07, 6.45) is 0. The van der Waals surface area contributed by atoms with Crippen LogP contribution in [-0.2, 0) is 0 Å². The number of aromatic nitrogens is 2. The van der Waals surface area contributed by atoms with E-state index in [4.69, 9.17) is 4.74 Å². The zero-order valence-corrected chi connectivity index (χ0v) is 15.4. The monoisotopic (exact) mass is 348 g/mol. The van der Waals surface area contributed by atoms with Crippen molar-refractivity contribution in [3.63, 3.8) is 0 Å². The van der Waals surface area contributed by atoms with Gasteiger partial charge in [-0.05, 0) is 45.0 Å². The van der Waals surface area contributed by atoms with Crippen LogP contribution in [0.3, 0.4) is 0 Å². The average Bonchev–Trinajstić information content (AvgIpc) is 2.63. The van der Waals surface area contributed by atoms with Crippen LogP contribution in [0.1, 0.15) is 20.8 Å². The Morgan fingerprint density at radius 3 is 2.35 bits per heavy atom. The lowest BCUT2D eigenvalue weighted by atomic mass is 10.1. The highest BCUT2D eigenvalue weighted by atomic mass is 16.5. The molecule has 0 radical (unpaired) electrons. The maximum Gasteiger partial charge on any atom is 0.229 e. The Labute approximate surface area is 154 Å². The van der Waals surface area contributed by atoms with E-state index in [-0.39, 0.29) is 6.04 Å². The molecular formula is C21H24N4O. The van der Waals surface area contributed by atoms with Gasteiger partial charge in [0.15, 0.2) is 0 Å². The third-order valence-corrected chi connectivity index (χ3v) is 3.65. The molecule has 0 fully saturated rings. The normalized spacial score (nSPS) is 10.6. The van der Waals surface area contributed by atoms with Crippen molar-refractivity contribution in [2.75, 3.05) is 17.2 Å². The van der Waals surface area contributed by atoms with Gasteiger partial charge in [0.25, 0.3) is 0 Å². The van der Waals surface area contributed by atoms with Gasteiger partial charge in [-0.2, -0.15) is 4.98 Å². The third kappa shape index (κ3) is 4.72. The van der Waals surface area contributed by atoms with Crippen molar-refractivity contribution in [3.05, 3.63) is 60.7 Å². The van der Waals surface area contributed by atoms with E-state index < -0.39 is 0 Å². The van der Waals surface area contributed by atoms with E-state index in [0.717, 1.165) is 28.5 Å². The Hall–Kier alpha value is -3.08. The first-order valence-electron chi connectivity index (χ1n) is 8.85. The molecule has 2 aromatic carbocycles. The van der Waals surface area contributed by atoms with E-state index in [1.54, 1.807) is 0 Å². The first-order valence-corrected chi connectivity index (χ1v) is 8.85. The second-order valence-corrected chi connectivity index (χ2v) is 6.21. The molecule has 0 amide bonds. The molecule has 0 unspecified atom stereocenters. The quantitative estimate of drug-likeness (QED) is 0.621. The molecule has 0 aliphatic rings. The van der Waals surface area contributed by atoms with Crippen LogP contribution >= 0.6 is 0 Å². The largest absolute Gasteiger partial charge is 0.494 e. The number of benzene rings is 2. The van der Waals surface area contributed by atoms with Crippen LogP contribution in [0.4, 0.5) is 17.5 Å². The summed E-state index contributed by atoms with van der Waals surface area (Å²) in [5, 5.41) is 6.64. The van der Waals surface area contributed by atoms with Crippen LogP contribution in [-0.4, -0.2) is 22.6 Å². The Morgan fingerprint density at radius 2 is 1.69 bits per heavy atom. The van der Waals surface area contributed by atoms with E-state index in [2.05, 4.69) is 34.4 Å². The van der Waals surface area contributed by atoms with Crippen LogP contribution in [0, 0.1) is 0 Å². The lowest BCUT2D eigenvalue weighted by molar-refractivity contribution is 0.340. The Balaban J connectivity index is 1.89. The summed E-state index contributed by atoms with van der Waals surface area (Å²) < 4.78 is 5.48. The molecule has 0 atom stereocenters. The molecule has 2 N–H and O–H groups in total. The Bertz CT molecular complexity index is 832. The summed E-state index contributed by atoms with van der Waals surface area (Å²) >= 11 is 0. The van der Waals surface area contributed by atoms with Gasteiger partial charge in [0.2, 0.25) is 5.95 Å². The fourth-order valence-corrected chi connectivity index (χ4v) is 2.56. The van der Waals surface area contributed by atoms with Gasteiger partial charge in [0.05, 0.1) is 12.3 Å². The van der Waals surface area contributed by atoms with Crippen molar-refractivity contribution in [3.8, 4) is 17.0 Å². The second kappa shape index (κ2) is 8.34. The number of hydrogen-bond acceptors (Lipinski definition) is 5. The molecule has 26 heavy (non-hydrogen) atoms. The molecule has 0 aliphatic heterocycles. The lowest BCUT2D eigenvalue weighted by Crippen LogP contribution is -2.12. The van der Waals surface area contributed by atoms with Crippen LogP contribution in [0.25, 0.3) is 11.3 Å². The number of hydrogen-bond donors (Lipinski definition) is 2. The van der Waals surface area contributed by atoms with E-state index in [1.807, 2.05) is 67.6 Å². The summed E-state index contributed by atoms with van der Waals surface area (Å²) in [5.41, 5.74) is 2.84. The van der Waals surface area contributed by atoms with Crippen molar-refractivity contribution >= 4 is 17.5 Å². The van der Waals surface area contributed by atoms with Crippen molar-refractivity contribution in [1.29, 1.82) is 0 Å². The van der Waals surface area contributed by atoms with Gasteiger partial charge < -0.3 is 15.4 Å². The maximum atomic E-state index is 5.48. The maximum absolute atomic E-state index is 5.48. The van der Waals surface area contributed by atoms with Gasteiger partial charge in [-0.3, -0.25) is 0 Å². The standard InChI is InChI=1S/C21H24N4O/c1-4-26-18-12-10-17(11-13-18)23-21-24-19(16-8-6-5-7-9-16)14-20(25-21)22-15(2)3/h5-15H,4H2,1-3H3,(H2,22,23,24,25). The highest BCUT2D eigenvalue weighted by molar-refractivity contribution is 5.66. The molecule has 0 saturated carbocycles. The summed E-state index contributed by atoms with van der Waals surface area (Å²) in [6.45, 7) is 6.80. The summed E-state index contributed by atoms with van der Waals surface area (Å²) in [4.78, 5) is 9.26. The third-order valence-electron chi connectivity index (χ3n) is 3.65. The summed E-state index contributed by atoms with van der Waals surface area (Å²) in [5.74, 6) is 2.19. The smallest absolute Gasteiger partial charge is 0.229 e. The Morgan fingerprint density at radius 1 is 0.962 bits per heavy atom. The van der Waals surface area contributed by atoms with Gasteiger partial charge in [-0.15, -0.1) is 0 Å². The van der Waals surface area contributed by atoms with Gasteiger partial charge >= 0.3 is 0 Å². The SMILES string of the molecule is CCOc1ccc(Nc2nc(NC(C)C)cc(-c3ccccc3)n2)cc1. The number of nitrogens with one attached hydrogen (secondary N) is 2. The molecular weight excluding hydrogens is 324 g/mol. The van der Waals surface area contributed by atoms with E-state index in [9.17, 15) is 0 Å². The molecule has 3 rings (SSSR count). The van der Waals surface area contributed by atoms with E-state index >= 15 is 0 Å². The first-order chi connectivity index (χ1) is 12.6. The molecule has 3 aromatic rings. The number of rotatable bonds is 7. The van der Waals surface area contributed by atoms with Crippen LogP contribution < -0.4 is 15.4 Å². The molecule has 134 valence electrons. The van der Waals surface area contributed by atoms with Crippen LogP contribution in [0.2, 0.25) is 0 Å². The molecule has 5 heteroatoms. The predicted octanol–water partition coefficient (Wildman–Crippen LogP) is 5.11. The highest BCUT2D eigenvalue weighted by Gasteiger charge is 2.08. The lowest BCUT2D eigenvalue weighted by Gasteiger charge is -2.13. The number of ether oxygens (including phenoxy) is 1. The van der Waals surface area contributed by atoms with Crippen LogP contribution in [0.15, 0.2) is 60.7 Å². The van der Waals surface area contributed by atoms with Gasteiger partial charge in [0, 0.05) is 23.4 Å². The Kier molecular flexibility index (Phi) is 5.69. The molecule has 1 aromatic heterocycles. The van der Waals surface area contributed by atoms with E-state index in [1.165, 1.54) is 0 Å². The minimum Gasteiger partial charge on any atom is -0.494 e. The zero-order chi connectivity index (χ0) is 18.4.